The van der Waals surface area contributed by atoms with E-state index in [9.17, 15) is 9.59 Å². The van der Waals surface area contributed by atoms with Gasteiger partial charge in [-0.05, 0) is 79.5 Å². The number of nitrogens with zero attached hydrogens (tertiary/aromatic N) is 1. The molecule has 1 aromatic rings. The topological polar surface area (TPSA) is 37.4 Å². The first-order chi connectivity index (χ1) is 18.8. The summed E-state index contributed by atoms with van der Waals surface area (Å²) in [5.74, 6) is 1.62. The maximum atomic E-state index is 13.6. The lowest BCUT2D eigenvalue weighted by Crippen LogP contribution is -2.28. The van der Waals surface area contributed by atoms with E-state index >= 15 is 0 Å². The van der Waals surface area contributed by atoms with Gasteiger partial charge in [0.05, 0.1) is 6.54 Å². The van der Waals surface area contributed by atoms with Crippen molar-refractivity contribution >= 4 is 11.7 Å². The smallest absolute Gasteiger partial charge is 0.224 e. The van der Waals surface area contributed by atoms with Crippen LogP contribution in [0.1, 0.15) is 102 Å². The summed E-state index contributed by atoms with van der Waals surface area (Å²) < 4.78 is 0. The molecule has 0 spiro atoms. The highest BCUT2D eigenvalue weighted by atomic mass is 16.2. The van der Waals surface area contributed by atoms with E-state index < -0.39 is 0 Å². The number of rotatable bonds is 12. The Bertz CT molecular complexity index is 1120. The Labute approximate surface area is 237 Å². The summed E-state index contributed by atoms with van der Waals surface area (Å²) in [5.41, 5.74) is 4.58. The highest BCUT2D eigenvalue weighted by Crippen LogP contribution is 2.40. The number of benzene rings is 1. The number of allylic oxidation sites excluding steroid dienone is 9. The van der Waals surface area contributed by atoms with E-state index in [1.807, 2.05) is 23.1 Å². The van der Waals surface area contributed by atoms with Gasteiger partial charge >= 0.3 is 0 Å². The minimum absolute atomic E-state index is 0.0461. The molecule has 1 amide bonds. The molecule has 2 unspecified atom stereocenters. The molecule has 0 heterocycles. The number of carbonyl (C=O) groups is 2. The molecule has 0 saturated heterocycles. The van der Waals surface area contributed by atoms with Crippen molar-refractivity contribution in [2.75, 3.05) is 0 Å². The molecule has 210 valence electrons. The molecule has 1 saturated carbocycles. The second kappa shape index (κ2) is 15.6. The Morgan fingerprint density at radius 2 is 1.87 bits per heavy atom. The maximum absolute atomic E-state index is 13.6. The summed E-state index contributed by atoms with van der Waals surface area (Å²) in [7, 11) is 0. The van der Waals surface area contributed by atoms with Crippen molar-refractivity contribution < 1.29 is 9.59 Å². The number of hydrogen-bond acceptors (Lipinski definition) is 2. The molecule has 0 aromatic heterocycles. The lowest BCUT2D eigenvalue weighted by Gasteiger charge is -2.32. The highest BCUT2D eigenvalue weighted by molar-refractivity contribution is 5.82. The zero-order valence-electron chi connectivity index (χ0n) is 24.9. The van der Waals surface area contributed by atoms with E-state index in [-0.39, 0.29) is 11.8 Å². The van der Waals surface area contributed by atoms with Gasteiger partial charge in [0, 0.05) is 25.0 Å². The molecule has 0 radical (unpaired) electrons. The Kier molecular flexibility index (Phi) is 12.2. The zero-order chi connectivity index (χ0) is 28.2. The molecular weight excluding hydrogens is 478 g/mol. The van der Waals surface area contributed by atoms with E-state index in [1.165, 1.54) is 17.5 Å². The molecule has 1 fully saturated rings. The fraction of sp³-hybridized carbons (Fsp3) is 0.500. The Morgan fingerprint density at radius 1 is 1.08 bits per heavy atom. The first-order valence-corrected chi connectivity index (χ1v) is 15.1. The van der Waals surface area contributed by atoms with Crippen LogP contribution in [-0.4, -0.2) is 16.6 Å². The number of amides is 1. The van der Waals surface area contributed by atoms with Crippen LogP contribution >= 0.6 is 0 Å². The average Bonchev–Trinajstić information content (AvgIpc) is 3.21. The minimum atomic E-state index is 0.0461. The molecule has 2 aliphatic carbocycles. The molecular formula is C36H49NO2. The second-order valence-corrected chi connectivity index (χ2v) is 11.5. The number of carbonyl (C=O) groups excluding carboxylic acids is 2. The first kappa shape index (κ1) is 30.6. The normalized spacial score (nSPS) is 21.1. The van der Waals surface area contributed by atoms with Gasteiger partial charge in [0.15, 0.2) is 0 Å². The van der Waals surface area contributed by atoms with Gasteiger partial charge in [-0.1, -0.05) is 100 Å². The largest absolute Gasteiger partial charge is 0.309 e. The van der Waals surface area contributed by atoms with E-state index in [4.69, 9.17) is 0 Å². The van der Waals surface area contributed by atoms with E-state index in [0.29, 0.717) is 36.5 Å². The van der Waals surface area contributed by atoms with Crippen LogP contribution in [0.3, 0.4) is 0 Å². The molecule has 1 aromatic carbocycles. The summed E-state index contributed by atoms with van der Waals surface area (Å²) in [6.07, 6.45) is 27.0. The quantitative estimate of drug-likeness (QED) is 0.254. The van der Waals surface area contributed by atoms with Crippen LogP contribution in [0.25, 0.3) is 0 Å². The highest BCUT2D eigenvalue weighted by Gasteiger charge is 2.33. The Balaban J connectivity index is 1.69. The second-order valence-electron chi connectivity index (χ2n) is 11.5. The number of ketones is 1. The molecule has 39 heavy (non-hydrogen) atoms. The average molecular weight is 528 g/mol. The van der Waals surface area contributed by atoms with Crippen LogP contribution in [0.2, 0.25) is 0 Å². The standard InChI is InChI=1S/C36H49NO2/c1-6-7-8-9-12-17-27(2)28(3)25-36(39)35-21-16-15-20-34(35)31-22-23-32(29(4)24-31)26-37(30(5)38)33-18-13-10-11-14-19-33/h7-8,10-13,17-19,22-24,27-28,34-35H,6,9,14-16,20-21,25-26H2,1-5H3/b8-7-,17-12-/t27?,28-,34+,35?/m1/s1. The number of Topliss-reactive ketones (excluding diaryl/α,β-unsaturated/α-hetero) is 1. The third-order valence-electron chi connectivity index (χ3n) is 8.51. The van der Waals surface area contributed by atoms with E-state index in [0.717, 1.165) is 49.8 Å². The summed E-state index contributed by atoms with van der Waals surface area (Å²) in [6, 6.07) is 6.67. The van der Waals surface area contributed by atoms with E-state index in [2.05, 4.69) is 82.4 Å². The zero-order valence-corrected chi connectivity index (χ0v) is 24.9. The minimum Gasteiger partial charge on any atom is -0.309 e. The van der Waals surface area contributed by atoms with Crippen LogP contribution in [0.5, 0.6) is 0 Å². The van der Waals surface area contributed by atoms with Crippen molar-refractivity contribution in [3.63, 3.8) is 0 Å². The summed E-state index contributed by atoms with van der Waals surface area (Å²) in [4.78, 5) is 28.0. The lowest BCUT2D eigenvalue weighted by molar-refractivity contribution is -0.127. The molecule has 4 atom stereocenters. The Morgan fingerprint density at radius 3 is 2.62 bits per heavy atom. The monoisotopic (exact) mass is 527 g/mol. The third-order valence-corrected chi connectivity index (χ3v) is 8.51. The van der Waals surface area contributed by atoms with Crippen LogP contribution in [0, 0.1) is 24.7 Å². The summed E-state index contributed by atoms with van der Waals surface area (Å²) >= 11 is 0. The van der Waals surface area contributed by atoms with Crippen molar-refractivity contribution in [3.8, 4) is 0 Å². The van der Waals surface area contributed by atoms with Gasteiger partial charge in [0.1, 0.15) is 5.78 Å². The van der Waals surface area contributed by atoms with Crippen molar-refractivity contribution in [1.29, 1.82) is 0 Å². The number of aryl methyl sites for hydroxylation is 1. The van der Waals surface area contributed by atoms with Crippen molar-refractivity contribution in [1.82, 2.24) is 4.90 Å². The predicted molar refractivity (Wildman–Crippen MR) is 164 cm³/mol. The van der Waals surface area contributed by atoms with Crippen LogP contribution in [0.15, 0.2) is 78.6 Å². The van der Waals surface area contributed by atoms with E-state index in [1.54, 1.807) is 6.92 Å². The van der Waals surface area contributed by atoms with Gasteiger partial charge in [0.25, 0.3) is 0 Å². The fourth-order valence-corrected chi connectivity index (χ4v) is 5.84. The van der Waals surface area contributed by atoms with Crippen molar-refractivity contribution in [2.45, 2.75) is 98.4 Å². The summed E-state index contributed by atoms with van der Waals surface area (Å²) in [6.45, 7) is 10.9. The van der Waals surface area contributed by atoms with Gasteiger partial charge < -0.3 is 4.90 Å². The van der Waals surface area contributed by atoms with Gasteiger partial charge in [0.2, 0.25) is 5.91 Å². The Hall–Kier alpha value is -2.94. The first-order valence-electron chi connectivity index (χ1n) is 15.1. The molecule has 2 aliphatic rings. The lowest BCUT2D eigenvalue weighted by atomic mass is 9.71. The fourth-order valence-electron chi connectivity index (χ4n) is 5.84. The molecule has 3 rings (SSSR count). The van der Waals surface area contributed by atoms with Crippen molar-refractivity contribution in [3.05, 3.63) is 95.3 Å². The molecule has 0 N–H and O–H groups in total. The van der Waals surface area contributed by atoms with Gasteiger partial charge in [-0.25, -0.2) is 0 Å². The van der Waals surface area contributed by atoms with Gasteiger partial charge in [-0.3, -0.25) is 9.59 Å². The van der Waals surface area contributed by atoms with Crippen LogP contribution in [0.4, 0.5) is 0 Å². The molecule has 0 aliphatic heterocycles. The SMILES string of the molecule is CC/C=C\C/C=C\C(C)[C@H](C)CC(=O)C1CCCC[C@H]1c1ccc(CN(C(C)=O)C2=CCC=CC=C2)c(C)c1. The maximum Gasteiger partial charge on any atom is 0.224 e. The molecule has 3 heteroatoms. The van der Waals surface area contributed by atoms with Gasteiger partial charge in [-0.2, -0.15) is 0 Å². The molecule has 0 bridgehead atoms. The third kappa shape index (κ3) is 9.05. The number of hydrogen-bond donors (Lipinski definition) is 0. The van der Waals surface area contributed by atoms with Gasteiger partial charge in [-0.15, -0.1) is 0 Å². The van der Waals surface area contributed by atoms with Crippen LogP contribution < -0.4 is 0 Å². The summed E-state index contributed by atoms with van der Waals surface area (Å²) in [5, 5.41) is 0. The molecule has 3 nitrogen and oxygen atoms in total. The van der Waals surface area contributed by atoms with Crippen molar-refractivity contribution in [2.24, 2.45) is 17.8 Å². The van der Waals surface area contributed by atoms with Crippen LogP contribution in [-0.2, 0) is 16.1 Å². The predicted octanol–water partition coefficient (Wildman–Crippen LogP) is 9.16.